The summed E-state index contributed by atoms with van der Waals surface area (Å²) in [7, 11) is 0. The molecule has 0 atom stereocenters. The Morgan fingerprint density at radius 3 is 2.86 bits per heavy atom. The molecule has 1 N–H and O–H groups in total. The average Bonchev–Trinajstić information content (AvgIpc) is 2.12. The second-order valence-electron chi connectivity index (χ2n) is 3.64. The Bertz CT molecular complexity index is 302. The SMILES string of the molecule is CC(C)CCNc1cccc(Cl)[n+]1[O-]. The molecule has 0 aliphatic heterocycles. The minimum atomic E-state index is 0.194. The van der Waals surface area contributed by atoms with E-state index in [9.17, 15) is 5.21 Å². The van der Waals surface area contributed by atoms with E-state index in [4.69, 9.17) is 11.6 Å². The van der Waals surface area contributed by atoms with E-state index in [1.807, 2.05) is 0 Å². The van der Waals surface area contributed by atoms with Crippen molar-refractivity contribution in [2.45, 2.75) is 20.3 Å². The standard InChI is InChI=1S/C10H15ClN2O/c1-8(2)6-7-12-10-5-3-4-9(11)13(10)14/h3-5,8,12H,6-7H2,1-2H3. The molecule has 4 heteroatoms. The van der Waals surface area contributed by atoms with Gasteiger partial charge in [-0.2, -0.15) is 0 Å². The molecule has 78 valence electrons. The summed E-state index contributed by atoms with van der Waals surface area (Å²) in [5.74, 6) is 1.14. The number of anilines is 1. The number of pyridine rings is 1. The van der Waals surface area contributed by atoms with Gasteiger partial charge in [-0.05, 0) is 36.1 Å². The maximum Gasteiger partial charge on any atom is 0.278 e. The van der Waals surface area contributed by atoms with Crippen molar-refractivity contribution < 1.29 is 4.73 Å². The summed E-state index contributed by atoms with van der Waals surface area (Å²) in [6.45, 7) is 5.08. The second kappa shape index (κ2) is 5.05. The molecule has 3 nitrogen and oxygen atoms in total. The minimum Gasteiger partial charge on any atom is -0.710 e. The zero-order valence-electron chi connectivity index (χ0n) is 8.46. The first kappa shape index (κ1) is 11.1. The van der Waals surface area contributed by atoms with Crippen LogP contribution in [0.2, 0.25) is 5.15 Å². The molecule has 0 saturated carbocycles. The molecule has 0 aliphatic rings. The maximum absolute atomic E-state index is 11.4. The van der Waals surface area contributed by atoms with Gasteiger partial charge in [-0.25, -0.2) is 4.73 Å². The van der Waals surface area contributed by atoms with Gasteiger partial charge in [0.25, 0.3) is 5.82 Å². The van der Waals surface area contributed by atoms with Crippen molar-refractivity contribution in [2.24, 2.45) is 5.92 Å². The predicted octanol–water partition coefficient (Wildman–Crippen LogP) is 2.43. The molecule has 0 unspecified atom stereocenters. The van der Waals surface area contributed by atoms with E-state index in [0.717, 1.165) is 13.0 Å². The van der Waals surface area contributed by atoms with Gasteiger partial charge in [0.1, 0.15) is 0 Å². The maximum atomic E-state index is 11.4. The van der Waals surface area contributed by atoms with Crippen molar-refractivity contribution >= 4 is 17.4 Å². The fourth-order valence-corrected chi connectivity index (χ4v) is 1.25. The molecule has 0 spiro atoms. The van der Waals surface area contributed by atoms with E-state index in [-0.39, 0.29) is 5.15 Å². The quantitative estimate of drug-likeness (QED) is 0.475. The van der Waals surface area contributed by atoms with E-state index in [1.165, 1.54) is 0 Å². The summed E-state index contributed by atoms with van der Waals surface area (Å²) < 4.78 is 0.696. The lowest BCUT2D eigenvalue weighted by Crippen LogP contribution is -2.32. The lowest BCUT2D eigenvalue weighted by molar-refractivity contribution is -0.588. The fourth-order valence-electron chi connectivity index (χ4n) is 1.09. The van der Waals surface area contributed by atoms with E-state index in [2.05, 4.69) is 19.2 Å². The molecule has 0 amide bonds. The molecule has 0 radical (unpaired) electrons. The fraction of sp³-hybridized carbons (Fsp3) is 0.500. The van der Waals surface area contributed by atoms with Crippen LogP contribution in [0, 0.1) is 11.1 Å². The van der Waals surface area contributed by atoms with E-state index in [0.29, 0.717) is 16.5 Å². The molecule has 1 heterocycles. The lowest BCUT2D eigenvalue weighted by atomic mass is 10.1. The Morgan fingerprint density at radius 1 is 1.50 bits per heavy atom. The molecule has 0 bridgehead atoms. The van der Waals surface area contributed by atoms with Gasteiger partial charge in [-0.15, -0.1) is 0 Å². The van der Waals surface area contributed by atoms with Crippen molar-refractivity contribution in [3.8, 4) is 0 Å². The van der Waals surface area contributed by atoms with Gasteiger partial charge in [0, 0.05) is 6.07 Å². The first-order chi connectivity index (χ1) is 6.61. The molecule has 0 aliphatic carbocycles. The largest absolute Gasteiger partial charge is 0.710 e. The Balaban J connectivity index is 2.54. The van der Waals surface area contributed by atoms with Crippen LogP contribution in [0.5, 0.6) is 0 Å². The van der Waals surface area contributed by atoms with Crippen LogP contribution in [0.3, 0.4) is 0 Å². The first-order valence-corrected chi connectivity index (χ1v) is 5.11. The number of nitrogens with one attached hydrogen (secondary N) is 1. The van der Waals surface area contributed by atoms with Crippen LogP contribution in [0.25, 0.3) is 0 Å². The zero-order chi connectivity index (χ0) is 10.6. The molecule has 1 aromatic heterocycles. The predicted molar refractivity (Wildman–Crippen MR) is 58.4 cm³/mol. The van der Waals surface area contributed by atoms with Crippen LogP contribution >= 0.6 is 11.6 Å². The second-order valence-corrected chi connectivity index (χ2v) is 4.02. The summed E-state index contributed by atoms with van der Waals surface area (Å²) >= 11 is 5.67. The Hall–Kier alpha value is -0.960. The number of hydrogen-bond donors (Lipinski definition) is 1. The molecule has 1 aromatic rings. The van der Waals surface area contributed by atoms with Gasteiger partial charge >= 0.3 is 0 Å². The first-order valence-electron chi connectivity index (χ1n) is 4.73. The van der Waals surface area contributed by atoms with Gasteiger partial charge in [-0.1, -0.05) is 13.8 Å². The van der Waals surface area contributed by atoms with Gasteiger partial charge in [0.05, 0.1) is 6.54 Å². The van der Waals surface area contributed by atoms with Crippen molar-refractivity contribution in [1.82, 2.24) is 0 Å². The number of nitrogens with zero attached hydrogens (tertiary/aromatic N) is 1. The van der Waals surface area contributed by atoms with Crippen LogP contribution < -0.4 is 10.0 Å². The minimum absolute atomic E-state index is 0.194. The van der Waals surface area contributed by atoms with E-state index >= 15 is 0 Å². The number of rotatable bonds is 4. The van der Waals surface area contributed by atoms with Crippen LogP contribution in [0.4, 0.5) is 5.82 Å². The Morgan fingerprint density at radius 2 is 2.21 bits per heavy atom. The molecule has 1 rings (SSSR count). The molecular weight excluding hydrogens is 200 g/mol. The van der Waals surface area contributed by atoms with Crippen molar-refractivity contribution in [2.75, 3.05) is 11.9 Å². The molecular formula is C10H15ClN2O. The van der Waals surface area contributed by atoms with Crippen molar-refractivity contribution in [3.05, 3.63) is 28.6 Å². The van der Waals surface area contributed by atoms with E-state index < -0.39 is 0 Å². The Kier molecular flexibility index (Phi) is 4.01. The number of halogens is 1. The summed E-state index contributed by atoms with van der Waals surface area (Å²) in [5, 5.41) is 14.6. The van der Waals surface area contributed by atoms with Crippen LogP contribution in [0.1, 0.15) is 20.3 Å². The third-order valence-corrected chi connectivity index (χ3v) is 2.21. The van der Waals surface area contributed by atoms with Gasteiger partial charge in [0.2, 0.25) is 0 Å². The highest BCUT2D eigenvalue weighted by atomic mass is 35.5. The summed E-state index contributed by atoms with van der Waals surface area (Å²) in [4.78, 5) is 0. The monoisotopic (exact) mass is 214 g/mol. The van der Waals surface area contributed by atoms with E-state index in [1.54, 1.807) is 18.2 Å². The van der Waals surface area contributed by atoms with Crippen LogP contribution in [0.15, 0.2) is 18.2 Å². The van der Waals surface area contributed by atoms with Gasteiger partial charge in [-0.3, -0.25) is 5.32 Å². The third-order valence-electron chi connectivity index (χ3n) is 1.93. The van der Waals surface area contributed by atoms with Crippen LogP contribution in [-0.4, -0.2) is 6.54 Å². The molecule has 0 saturated heterocycles. The van der Waals surface area contributed by atoms with Crippen LogP contribution in [-0.2, 0) is 0 Å². The smallest absolute Gasteiger partial charge is 0.278 e. The lowest BCUT2D eigenvalue weighted by Gasteiger charge is -2.10. The van der Waals surface area contributed by atoms with Gasteiger partial charge < -0.3 is 5.21 Å². The Labute approximate surface area is 89.3 Å². The average molecular weight is 215 g/mol. The molecule has 14 heavy (non-hydrogen) atoms. The summed E-state index contributed by atoms with van der Waals surface area (Å²) in [5.41, 5.74) is 0. The highest BCUT2D eigenvalue weighted by Crippen LogP contribution is 2.07. The molecule has 0 aromatic carbocycles. The summed E-state index contributed by atoms with van der Waals surface area (Å²) in [6, 6.07) is 5.05. The third kappa shape index (κ3) is 3.07. The summed E-state index contributed by atoms with van der Waals surface area (Å²) in [6.07, 6.45) is 1.03. The highest BCUT2D eigenvalue weighted by Gasteiger charge is 2.05. The highest BCUT2D eigenvalue weighted by molar-refractivity contribution is 6.28. The van der Waals surface area contributed by atoms with Gasteiger partial charge in [0.15, 0.2) is 5.15 Å². The normalized spacial score (nSPS) is 10.6. The van der Waals surface area contributed by atoms with Crippen molar-refractivity contribution in [3.63, 3.8) is 0 Å². The number of hydrogen-bond acceptors (Lipinski definition) is 2. The van der Waals surface area contributed by atoms with Crippen molar-refractivity contribution in [1.29, 1.82) is 0 Å². The molecule has 0 fully saturated rings. The zero-order valence-corrected chi connectivity index (χ0v) is 9.21. The number of aromatic nitrogens is 1. The topological polar surface area (TPSA) is 39.0 Å².